The normalized spacial score (nSPS) is 11.0. The van der Waals surface area contributed by atoms with Crippen LogP contribution in [0.15, 0.2) is 146 Å². The largest absolute Gasteiger partial charge is 0.289 e. The van der Waals surface area contributed by atoms with Crippen molar-refractivity contribution in [3.05, 3.63) is 148 Å². The Balaban J connectivity index is 1.39. The molecule has 0 saturated heterocycles. The predicted molar refractivity (Wildman–Crippen MR) is 152 cm³/mol. The lowest BCUT2D eigenvalue weighted by Crippen LogP contribution is -2.04. The van der Waals surface area contributed by atoms with Crippen LogP contribution in [-0.2, 0) is 10.9 Å². The summed E-state index contributed by atoms with van der Waals surface area (Å²) in [6, 6.07) is 37.4. The van der Waals surface area contributed by atoms with E-state index < -0.39 is 5.82 Å². The fourth-order valence-corrected chi connectivity index (χ4v) is 6.91. The Kier molecular flexibility index (Phi) is 8.02. The Morgan fingerprint density at radius 3 is 1.65 bits per heavy atom. The molecule has 0 atom stereocenters. The zero-order valence-corrected chi connectivity index (χ0v) is 22.6. The summed E-state index contributed by atoms with van der Waals surface area (Å²) >= 11 is 13.6. The number of carbonyl (C=O) groups is 1. The minimum atomic E-state index is -0.419. The molecule has 6 heteroatoms. The van der Waals surface area contributed by atoms with Crippen molar-refractivity contribution >= 4 is 51.6 Å². The average molecular weight is 563 g/mol. The van der Waals surface area contributed by atoms with Gasteiger partial charge < -0.3 is 0 Å². The molecule has 1 nitrogen and oxygen atoms in total. The van der Waals surface area contributed by atoms with E-state index in [9.17, 15) is 9.18 Å². The van der Waals surface area contributed by atoms with Crippen molar-refractivity contribution < 1.29 is 9.18 Å². The van der Waals surface area contributed by atoms with E-state index in [0.29, 0.717) is 26.1 Å². The maximum absolute atomic E-state index is 14.9. The molecule has 5 aromatic rings. The molecule has 0 unspecified atom stereocenters. The van der Waals surface area contributed by atoms with Crippen LogP contribution in [0.3, 0.4) is 0 Å². The molecular weight excluding hydrogens is 542 g/mol. The average Bonchev–Trinajstić information content (AvgIpc) is 2.93. The van der Waals surface area contributed by atoms with Gasteiger partial charge in [0.2, 0.25) is 0 Å². The van der Waals surface area contributed by atoms with Crippen molar-refractivity contribution in [3.8, 4) is 0 Å². The third-order valence-corrected chi connectivity index (χ3v) is 9.41. The van der Waals surface area contributed by atoms with Crippen molar-refractivity contribution in [1.82, 2.24) is 0 Å². The smallest absolute Gasteiger partial charge is 0.193 e. The SMILES string of the molecule is O=C(c1ccccc1)c1ccc(Sc2ccc([S+](c3ccc(Cl)cc3)c3ccc(Cl)cc3)cc2)c(F)c1. The van der Waals surface area contributed by atoms with E-state index in [4.69, 9.17) is 23.2 Å². The second kappa shape index (κ2) is 11.6. The monoisotopic (exact) mass is 561 g/mol. The first-order chi connectivity index (χ1) is 18.0. The van der Waals surface area contributed by atoms with Crippen molar-refractivity contribution in [2.75, 3.05) is 0 Å². The standard InChI is InChI=1S/C31H20Cl2FOS2/c32-23-7-13-26(14-8-23)37(27-15-9-24(33)10-16-27)28-17-11-25(12-18-28)36-30-19-6-22(20-29(30)34)31(35)21-4-2-1-3-5-21/h1-20H/q+1. The van der Waals surface area contributed by atoms with Crippen LogP contribution in [0, 0.1) is 5.82 Å². The number of carbonyl (C=O) groups excluding carboxylic acids is 1. The highest BCUT2D eigenvalue weighted by atomic mass is 35.5. The quantitative estimate of drug-likeness (QED) is 0.145. The molecule has 0 aromatic heterocycles. The van der Waals surface area contributed by atoms with Gasteiger partial charge in [0.15, 0.2) is 20.5 Å². The lowest BCUT2D eigenvalue weighted by molar-refractivity contribution is 0.103. The topological polar surface area (TPSA) is 17.1 Å². The van der Waals surface area contributed by atoms with Gasteiger partial charge in [-0.1, -0.05) is 65.3 Å². The summed E-state index contributed by atoms with van der Waals surface area (Å²) in [6.45, 7) is 0. The summed E-state index contributed by atoms with van der Waals surface area (Å²) in [5.74, 6) is -0.616. The summed E-state index contributed by atoms with van der Waals surface area (Å²) in [4.78, 5) is 17.4. The first-order valence-corrected chi connectivity index (χ1v) is 14.2. The molecule has 0 saturated carbocycles. The number of hydrogen-bond acceptors (Lipinski definition) is 2. The van der Waals surface area contributed by atoms with Gasteiger partial charge in [-0.05, 0) is 91.0 Å². The minimum absolute atomic E-state index is 0.197. The number of halogens is 3. The number of ketones is 1. The summed E-state index contributed by atoms with van der Waals surface area (Å²) in [6.07, 6.45) is 0. The molecule has 0 aliphatic heterocycles. The molecule has 0 radical (unpaired) electrons. The van der Waals surface area contributed by atoms with Crippen molar-refractivity contribution in [3.63, 3.8) is 0 Å². The maximum atomic E-state index is 14.9. The fraction of sp³-hybridized carbons (Fsp3) is 0. The molecule has 0 aliphatic rings. The molecule has 5 aromatic carbocycles. The van der Waals surface area contributed by atoms with E-state index in [0.717, 1.165) is 19.6 Å². The second-order valence-corrected chi connectivity index (χ2v) is 12.1. The summed E-state index contributed by atoms with van der Waals surface area (Å²) in [5, 5.41) is 1.38. The minimum Gasteiger partial charge on any atom is -0.289 e. The number of benzene rings is 5. The van der Waals surface area contributed by atoms with Gasteiger partial charge in [0.05, 0.1) is 10.9 Å². The Labute approximate surface area is 232 Å². The molecular formula is C31H20Cl2FOS2+. The maximum Gasteiger partial charge on any atom is 0.193 e. The van der Waals surface area contributed by atoms with Crippen molar-refractivity contribution in [1.29, 1.82) is 0 Å². The van der Waals surface area contributed by atoms with Gasteiger partial charge in [0, 0.05) is 31.0 Å². The van der Waals surface area contributed by atoms with E-state index in [1.54, 1.807) is 36.4 Å². The second-order valence-electron chi connectivity index (χ2n) is 8.13. The molecule has 182 valence electrons. The van der Waals surface area contributed by atoms with Crippen LogP contribution >= 0.6 is 35.0 Å². The summed E-state index contributed by atoms with van der Waals surface area (Å²) in [5.41, 5.74) is 0.869. The van der Waals surface area contributed by atoms with E-state index >= 15 is 0 Å². The Bertz CT molecular complexity index is 1480. The van der Waals surface area contributed by atoms with Gasteiger partial charge >= 0.3 is 0 Å². The molecule has 0 bridgehead atoms. The van der Waals surface area contributed by atoms with Crippen LogP contribution in [0.5, 0.6) is 0 Å². The predicted octanol–water partition coefficient (Wildman–Crippen LogP) is 9.61. The zero-order valence-electron chi connectivity index (χ0n) is 19.4. The zero-order chi connectivity index (χ0) is 25.8. The molecule has 0 aliphatic carbocycles. The van der Waals surface area contributed by atoms with Crippen LogP contribution < -0.4 is 0 Å². The first kappa shape index (κ1) is 25.6. The summed E-state index contributed by atoms with van der Waals surface area (Å²) < 4.78 is 14.9. The van der Waals surface area contributed by atoms with Gasteiger partial charge in [0.1, 0.15) is 5.82 Å². The lowest BCUT2D eigenvalue weighted by atomic mass is 10.0. The van der Waals surface area contributed by atoms with Gasteiger partial charge in [-0.15, -0.1) is 0 Å². The van der Waals surface area contributed by atoms with E-state index in [2.05, 4.69) is 12.1 Å². The molecule has 37 heavy (non-hydrogen) atoms. The fourth-order valence-electron chi connectivity index (χ4n) is 3.80. The van der Waals surface area contributed by atoms with Crippen LogP contribution in [0.4, 0.5) is 4.39 Å². The molecule has 0 spiro atoms. The van der Waals surface area contributed by atoms with Gasteiger partial charge in [-0.2, -0.15) is 0 Å². The van der Waals surface area contributed by atoms with Crippen molar-refractivity contribution in [2.24, 2.45) is 0 Å². The molecule has 0 heterocycles. The number of rotatable bonds is 7. The number of hydrogen-bond donors (Lipinski definition) is 0. The van der Waals surface area contributed by atoms with E-state index in [1.165, 1.54) is 17.8 Å². The molecule has 5 rings (SSSR count). The summed E-state index contributed by atoms with van der Waals surface area (Å²) in [7, 11) is -0.355. The highest BCUT2D eigenvalue weighted by Crippen LogP contribution is 2.36. The van der Waals surface area contributed by atoms with Crippen LogP contribution in [0.2, 0.25) is 10.0 Å². The third-order valence-electron chi connectivity index (χ3n) is 5.62. The highest BCUT2D eigenvalue weighted by molar-refractivity contribution is 7.99. The van der Waals surface area contributed by atoms with Crippen LogP contribution in [0.1, 0.15) is 15.9 Å². The molecule has 0 fully saturated rings. The van der Waals surface area contributed by atoms with E-state index in [1.807, 2.05) is 66.7 Å². The van der Waals surface area contributed by atoms with Gasteiger partial charge in [-0.25, -0.2) is 4.39 Å². The Hall–Kier alpha value is -3.02. The Morgan fingerprint density at radius 1 is 0.622 bits per heavy atom. The third kappa shape index (κ3) is 6.11. The van der Waals surface area contributed by atoms with Crippen LogP contribution in [0.25, 0.3) is 0 Å². The molecule has 0 N–H and O–H groups in total. The molecule has 0 amide bonds. The van der Waals surface area contributed by atoms with Gasteiger partial charge in [-0.3, -0.25) is 4.79 Å². The van der Waals surface area contributed by atoms with E-state index in [-0.39, 0.29) is 16.7 Å². The van der Waals surface area contributed by atoms with Crippen molar-refractivity contribution in [2.45, 2.75) is 24.5 Å². The first-order valence-electron chi connectivity index (χ1n) is 11.4. The highest BCUT2D eigenvalue weighted by Gasteiger charge is 2.28. The Morgan fingerprint density at radius 2 is 1.14 bits per heavy atom. The lowest BCUT2D eigenvalue weighted by Gasteiger charge is -2.10. The van der Waals surface area contributed by atoms with Gasteiger partial charge in [0.25, 0.3) is 0 Å². The van der Waals surface area contributed by atoms with Crippen LogP contribution in [-0.4, -0.2) is 5.78 Å².